The number of nitrogens with two attached hydrogens (primary N) is 1. The highest BCUT2D eigenvalue weighted by molar-refractivity contribution is 5.78. The molecular weight excluding hydrogens is 232 g/mol. The number of amides is 1. The van der Waals surface area contributed by atoms with E-state index in [1.54, 1.807) is 6.26 Å². The second-order valence-corrected chi connectivity index (χ2v) is 4.25. The van der Waals surface area contributed by atoms with E-state index in [1.807, 2.05) is 19.1 Å². The Labute approximate surface area is 108 Å². The molecule has 1 aromatic rings. The lowest BCUT2D eigenvalue weighted by Crippen LogP contribution is -2.31. The zero-order valence-electron chi connectivity index (χ0n) is 10.9. The Hall–Kier alpha value is -1.33. The Morgan fingerprint density at radius 3 is 3.11 bits per heavy atom. The van der Waals surface area contributed by atoms with E-state index < -0.39 is 0 Å². The van der Waals surface area contributed by atoms with E-state index in [-0.39, 0.29) is 11.8 Å². The van der Waals surface area contributed by atoms with E-state index in [4.69, 9.17) is 14.9 Å². The number of furan rings is 1. The summed E-state index contributed by atoms with van der Waals surface area (Å²) in [6, 6.07) is 3.70. The second-order valence-electron chi connectivity index (χ2n) is 4.25. The first kappa shape index (κ1) is 14.7. The van der Waals surface area contributed by atoms with Crippen LogP contribution >= 0.6 is 0 Å². The number of carbonyl (C=O) groups is 1. The van der Waals surface area contributed by atoms with Gasteiger partial charge in [0.15, 0.2) is 0 Å². The van der Waals surface area contributed by atoms with Gasteiger partial charge in [0.1, 0.15) is 12.4 Å². The summed E-state index contributed by atoms with van der Waals surface area (Å²) in [6.07, 6.45) is 3.14. The van der Waals surface area contributed by atoms with Crippen LogP contribution in [0.3, 0.4) is 0 Å². The maximum atomic E-state index is 11.5. The fourth-order valence-electron chi connectivity index (χ4n) is 1.51. The number of hydrogen-bond donors (Lipinski definition) is 2. The third-order valence-electron chi connectivity index (χ3n) is 2.64. The molecule has 0 bridgehead atoms. The molecule has 1 rings (SSSR count). The number of hydrogen-bond acceptors (Lipinski definition) is 4. The molecule has 1 aromatic heterocycles. The summed E-state index contributed by atoms with van der Waals surface area (Å²) in [4.78, 5) is 11.5. The maximum absolute atomic E-state index is 11.5. The van der Waals surface area contributed by atoms with Crippen molar-refractivity contribution in [2.75, 3.05) is 19.7 Å². The first-order valence-electron chi connectivity index (χ1n) is 6.32. The molecule has 0 fully saturated rings. The first-order valence-corrected chi connectivity index (χ1v) is 6.32. The lowest BCUT2D eigenvalue weighted by Gasteiger charge is -2.10. The standard InChI is InChI=1S/C13H22N2O3/c1-11(5-6-14)13(16)15-7-3-8-17-10-12-4-2-9-18-12/h2,4,9,11H,3,5-8,10,14H2,1H3,(H,15,16). The van der Waals surface area contributed by atoms with Crippen LogP contribution in [0.15, 0.2) is 22.8 Å². The topological polar surface area (TPSA) is 77.5 Å². The van der Waals surface area contributed by atoms with Gasteiger partial charge in [0, 0.05) is 19.1 Å². The van der Waals surface area contributed by atoms with E-state index >= 15 is 0 Å². The smallest absolute Gasteiger partial charge is 0.222 e. The van der Waals surface area contributed by atoms with Crippen molar-refractivity contribution in [3.63, 3.8) is 0 Å². The Morgan fingerprint density at radius 1 is 1.61 bits per heavy atom. The summed E-state index contributed by atoms with van der Waals surface area (Å²) in [5.74, 6) is 0.862. The monoisotopic (exact) mass is 254 g/mol. The molecule has 0 aliphatic rings. The van der Waals surface area contributed by atoms with E-state index in [2.05, 4.69) is 5.32 Å². The molecule has 1 heterocycles. The Kier molecular flexibility index (Phi) is 7.13. The molecular formula is C13H22N2O3. The molecule has 0 saturated heterocycles. The van der Waals surface area contributed by atoms with Gasteiger partial charge in [-0.15, -0.1) is 0 Å². The molecule has 0 aromatic carbocycles. The maximum Gasteiger partial charge on any atom is 0.222 e. The molecule has 0 spiro atoms. The average molecular weight is 254 g/mol. The van der Waals surface area contributed by atoms with E-state index in [0.29, 0.717) is 26.3 Å². The van der Waals surface area contributed by atoms with Crippen LogP contribution in [-0.4, -0.2) is 25.6 Å². The van der Waals surface area contributed by atoms with E-state index in [0.717, 1.165) is 18.6 Å². The molecule has 102 valence electrons. The average Bonchev–Trinajstić information content (AvgIpc) is 2.86. The van der Waals surface area contributed by atoms with Gasteiger partial charge < -0.3 is 20.2 Å². The minimum atomic E-state index is -0.0148. The largest absolute Gasteiger partial charge is 0.467 e. The fourth-order valence-corrected chi connectivity index (χ4v) is 1.51. The zero-order chi connectivity index (χ0) is 13.2. The Morgan fingerprint density at radius 2 is 2.44 bits per heavy atom. The van der Waals surface area contributed by atoms with Crippen molar-refractivity contribution in [3.8, 4) is 0 Å². The molecule has 1 unspecified atom stereocenters. The summed E-state index contributed by atoms with van der Waals surface area (Å²) in [5.41, 5.74) is 5.40. The van der Waals surface area contributed by atoms with Crippen LogP contribution in [0.25, 0.3) is 0 Å². The van der Waals surface area contributed by atoms with Crippen molar-refractivity contribution in [3.05, 3.63) is 24.2 Å². The lowest BCUT2D eigenvalue weighted by molar-refractivity contribution is -0.124. The fraction of sp³-hybridized carbons (Fsp3) is 0.615. The molecule has 0 radical (unpaired) electrons. The highest BCUT2D eigenvalue weighted by Crippen LogP contribution is 2.02. The van der Waals surface area contributed by atoms with Crippen LogP contribution < -0.4 is 11.1 Å². The summed E-state index contributed by atoms with van der Waals surface area (Å²) >= 11 is 0. The molecule has 5 heteroatoms. The Bertz CT molecular complexity index is 325. The van der Waals surface area contributed by atoms with Gasteiger partial charge in [0.25, 0.3) is 0 Å². The van der Waals surface area contributed by atoms with E-state index in [1.165, 1.54) is 0 Å². The first-order chi connectivity index (χ1) is 8.74. The predicted molar refractivity (Wildman–Crippen MR) is 68.8 cm³/mol. The third-order valence-corrected chi connectivity index (χ3v) is 2.64. The Balaban J connectivity index is 1.96. The van der Waals surface area contributed by atoms with Crippen LogP contribution in [0.1, 0.15) is 25.5 Å². The molecule has 0 aliphatic carbocycles. The van der Waals surface area contributed by atoms with Gasteiger partial charge in [-0.05, 0) is 31.5 Å². The highest BCUT2D eigenvalue weighted by Gasteiger charge is 2.10. The third kappa shape index (κ3) is 5.84. The van der Waals surface area contributed by atoms with Crippen LogP contribution in [0.4, 0.5) is 0 Å². The van der Waals surface area contributed by atoms with Gasteiger partial charge in [0.05, 0.1) is 6.26 Å². The van der Waals surface area contributed by atoms with Gasteiger partial charge in [-0.3, -0.25) is 4.79 Å². The van der Waals surface area contributed by atoms with Crippen molar-refractivity contribution in [2.24, 2.45) is 11.7 Å². The number of ether oxygens (including phenoxy) is 1. The van der Waals surface area contributed by atoms with Gasteiger partial charge in [0.2, 0.25) is 5.91 Å². The normalized spacial score (nSPS) is 12.3. The van der Waals surface area contributed by atoms with Gasteiger partial charge in [-0.25, -0.2) is 0 Å². The molecule has 3 N–H and O–H groups in total. The summed E-state index contributed by atoms with van der Waals surface area (Å²) in [6.45, 7) is 4.14. The number of rotatable bonds is 9. The van der Waals surface area contributed by atoms with Crippen molar-refractivity contribution in [2.45, 2.75) is 26.4 Å². The molecule has 0 saturated carbocycles. The van der Waals surface area contributed by atoms with Gasteiger partial charge >= 0.3 is 0 Å². The molecule has 18 heavy (non-hydrogen) atoms. The second kappa shape index (κ2) is 8.72. The molecule has 1 atom stereocenters. The lowest BCUT2D eigenvalue weighted by atomic mass is 10.1. The van der Waals surface area contributed by atoms with Crippen molar-refractivity contribution in [1.29, 1.82) is 0 Å². The number of carbonyl (C=O) groups excluding carboxylic acids is 1. The van der Waals surface area contributed by atoms with Crippen molar-refractivity contribution in [1.82, 2.24) is 5.32 Å². The molecule has 1 amide bonds. The van der Waals surface area contributed by atoms with E-state index in [9.17, 15) is 4.79 Å². The van der Waals surface area contributed by atoms with Crippen LogP contribution in [0.5, 0.6) is 0 Å². The molecule has 0 aliphatic heterocycles. The van der Waals surface area contributed by atoms with Crippen molar-refractivity contribution >= 4 is 5.91 Å². The molecule has 5 nitrogen and oxygen atoms in total. The van der Waals surface area contributed by atoms with Gasteiger partial charge in [-0.2, -0.15) is 0 Å². The number of nitrogens with one attached hydrogen (secondary N) is 1. The highest BCUT2D eigenvalue weighted by atomic mass is 16.5. The van der Waals surface area contributed by atoms with Crippen LogP contribution in [0.2, 0.25) is 0 Å². The quantitative estimate of drug-likeness (QED) is 0.651. The summed E-state index contributed by atoms with van der Waals surface area (Å²) in [7, 11) is 0. The zero-order valence-corrected chi connectivity index (χ0v) is 10.9. The summed E-state index contributed by atoms with van der Waals surface area (Å²) in [5, 5.41) is 2.86. The summed E-state index contributed by atoms with van der Waals surface area (Å²) < 4.78 is 10.5. The predicted octanol–water partition coefficient (Wildman–Crippen LogP) is 1.29. The minimum Gasteiger partial charge on any atom is -0.467 e. The van der Waals surface area contributed by atoms with Crippen LogP contribution in [0, 0.1) is 5.92 Å². The van der Waals surface area contributed by atoms with Crippen LogP contribution in [-0.2, 0) is 16.1 Å². The van der Waals surface area contributed by atoms with Gasteiger partial charge in [-0.1, -0.05) is 6.92 Å². The van der Waals surface area contributed by atoms with Crippen molar-refractivity contribution < 1.29 is 13.9 Å². The minimum absolute atomic E-state index is 0.0148. The SMILES string of the molecule is CC(CCN)C(=O)NCCCOCc1ccco1.